The van der Waals surface area contributed by atoms with Gasteiger partial charge in [-0.3, -0.25) is 0 Å². The van der Waals surface area contributed by atoms with E-state index in [2.05, 4.69) is 119 Å². The highest BCUT2D eigenvalue weighted by Crippen LogP contribution is 3.16. The molecule has 0 aromatic heterocycles. The molecule has 0 spiro atoms. The zero-order valence-corrected chi connectivity index (χ0v) is 41.8. The van der Waals surface area contributed by atoms with Crippen LogP contribution < -0.4 is 0 Å². The third-order valence-corrected chi connectivity index (χ3v) is 19.8. The molecule has 6 atom stereocenters. The summed E-state index contributed by atoms with van der Waals surface area (Å²) in [5.74, 6) is 0. The molecule has 46 heavy (non-hydrogen) atoms. The van der Waals surface area contributed by atoms with E-state index in [4.69, 9.17) is 35.4 Å². The average Bonchev–Trinajstić information content (AvgIpc) is 2.87. The van der Waals surface area contributed by atoms with Crippen molar-refractivity contribution < 1.29 is 35.4 Å². The topological polar surface area (TPSA) is 73.8 Å². The summed E-state index contributed by atoms with van der Waals surface area (Å²) >= 11 is 0. The van der Waals surface area contributed by atoms with Crippen LogP contribution in [0.5, 0.6) is 0 Å². The van der Waals surface area contributed by atoms with Crippen LogP contribution in [0.1, 0.15) is 26.7 Å². The fourth-order valence-corrected chi connectivity index (χ4v) is 22.0. The summed E-state index contributed by atoms with van der Waals surface area (Å²) in [5.41, 5.74) is -6.81. The van der Waals surface area contributed by atoms with Gasteiger partial charge in [0, 0.05) is 0 Å². The first kappa shape index (κ1) is 38.6. The van der Waals surface area contributed by atoms with Crippen molar-refractivity contribution in [2.24, 2.45) is 0 Å². The van der Waals surface area contributed by atoms with E-state index in [-0.39, 0.29) is 0 Å². The molecule has 6 fully saturated rings. The molecule has 6 rings (SSSR count). The van der Waals surface area contributed by atoms with Crippen molar-refractivity contribution in [2.45, 2.75) is 188 Å². The van der Waals surface area contributed by atoms with E-state index in [0.717, 1.165) is 24.9 Å². The molecule has 6 saturated carbocycles. The van der Waals surface area contributed by atoms with E-state index in [1.165, 1.54) is 0 Å². The van der Waals surface area contributed by atoms with E-state index in [1.807, 2.05) is 0 Å². The predicted molar refractivity (Wildman–Crippen MR) is 209 cm³/mol. The summed E-state index contributed by atoms with van der Waals surface area (Å²) < 4.78 is 61.6. The molecule has 6 aliphatic carbocycles. The molecule has 0 N–H and O–H groups in total. The highest BCUT2D eigenvalue weighted by Gasteiger charge is 3.46. The molecule has 8 nitrogen and oxygen atoms in total. The van der Waals surface area contributed by atoms with Gasteiger partial charge >= 0.3 is 0 Å². The van der Waals surface area contributed by atoms with Crippen LogP contribution in [-0.4, -0.2) is 116 Å². The second kappa shape index (κ2) is 11.0. The standard InChI is InChI=1S/C30H68O8Si8/c1-19-21-22-42(6)34-26-23(31-39-3)25(33-41(5)20-2)24(26,32-40-4)28(36-44(10,11)12)29(25,37-45(13,14)15)27(23,35-43(7,8)9)30(26,28)38-46(16,17)18/h41-42H,19-22,39-40H2,1-18H3. The van der Waals surface area contributed by atoms with Gasteiger partial charge in [-0.2, -0.15) is 0 Å². The van der Waals surface area contributed by atoms with Crippen molar-refractivity contribution in [1.29, 1.82) is 0 Å². The van der Waals surface area contributed by atoms with Crippen LogP contribution in [0.3, 0.4) is 0 Å². The lowest BCUT2D eigenvalue weighted by molar-refractivity contribution is -0.837. The van der Waals surface area contributed by atoms with Crippen LogP contribution in [-0.2, 0) is 35.4 Å². The fourth-order valence-electron chi connectivity index (χ4n) is 11.1. The van der Waals surface area contributed by atoms with Crippen LogP contribution in [0.25, 0.3) is 0 Å². The molecule has 6 unspecified atom stereocenters. The van der Waals surface area contributed by atoms with Crippen molar-refractivity contribution in [3.05, 3.63) is 0 Å². The van der Waals surface area contributed by atoms with E-state index in [1.54, 1.807) is 0 Å². The van der Waals surface area contributed by atoms with Gasteiger partial charge in [0.1, 0.15) is 0 Å². The predicted octanol–water partition coefficient (Wildman–Crippen LogP) is 5.23. The van der Waals surface area contributed by atoms with Crippen molar-refractivity contribution in [3.63, 3.8) is 0 Å². The lowest BCUT2D eigenvalue weighted by Crippen LogP contribution is -3.53. The van der Waals surface area contributed by atoms with Crippen molar-refractivity contribution in [1.82, 2.24) is 0 Å². The van der Waals surface area contributed by atoms with E-state index >= 15 is 0 Å². The molecular weight excluding hydrogens is 713 g/mol. The molecule has 0 saturated heterocycles. The highest BCUT2D eigenvalue weighted by atomic mass is 28.4. The molecular formula is C30H68O8Si8. The number of rotatable bonds is 20. The number of hydrogen-bond donors (Lipinski definition) is 0. The Balaban J connectivity index is 1.95. The first-order valence-corrected chi connectivity index (χ1v) is 40.8. The second-order valence-electron chi connectivity index (χ2n) is 18.6. The maximum Gasteiger partial charge on any atom is 0.185 e. The summed E-state index contributed by atoms with van der Waals surface area (Å²) in [4.78, 5) is 0. The minimum absolute atomic E-state index is 0.828. The maximum atomic E-state index is 7.80. The molecule has 0 aliphatic heterocycles. The highest BCUT2D eigenvalue weighted by molar-refractivity contribution is 6.72. The largest absolute Gasteiger partial charge is 0.410 e. The monoisotopic (exact) mass is 780 g/mol. The smallest absolute Gasteiger partial charge is 0.185 e. The summed E-state index contributed by atoms with van der Waals surface area (Å²) in [6.45, 7) is 41.4. The molecule has 0 radical (unpaired) electrons. The average molecular weight is 782 g/mol. The molecule has 0 aromatic rings. The number of hydrogen-bond acceptors (Lipinski definition) is 8. The lowest BCUT2D eigenvalue weighted by Gasteiger charge is -3.24. The zero-order chi connectivity index (χ0) is 35.1. The Kier molecular flexibility index (Phi) is 9.22. The minimum atomic E-state index is -2.26. The fraction of sp³-hybridized carbons (Fsp3) is 1.00. The first-order valence-electron chi connectivity index (χ1n) is 18.3. The molecule has 0 amide bonds. The van der Waals surface area contributed by atoms with Crippen molar-refractivity contribution in [2.75, 3.05) is 0 Å². The van der Waals surface area contributed by atoms with Gasteiger partial charge in [0.25, 0.3) is 0 Å². The second-order valence-corrected chi connectivity index (χ2v) is 43.1. The molecule has 0 aromatic carbocycles. The van der Waals surface area contributed by atoms with Crippen LogP contribution in [0, 0.1) is 0 Å². The van der Waals surface area contributed by atoms with Gasteiger partial charge in [-0.05, 0) is 104 Å². The van der Waals surface area contributed by atoms with Gasteiger partial charge in [-0.25, -0.2) is 0 Å². The van der Waals surface area contributed by atoms with Crippen molar-refractivity contribution >= 4 is 70.9 Å². The van der Waals surface area contributed by atoms with Gasteiger partial charge in [0.2, 0.25) is 0 Å². The maximum absolute atomic E-state index is 7.80. The Morgan fingerprint density at radius 3 is 1.04 bits per heavy atom. The third kappa shape index (κ3) is 3.62. The van der Waals surface area contributed by atoms with Crippen molar-refractivity contribution in [3.8, 4) is 0 Å². The zero-order valence-electron chi connectivity index (χ0n) is 32.7. The summed E-state index contributed by atoms with van der Waals surface area (Å²) in [6.07, 6.45) is 2.32. The van der Waals surface area contributed by atoms with E-state index in [0.29, 0.717) is 0 Å². The van der Waals surface area contributed by atoms with Crippen LogP contribution >= 0.6 is 0 Å². The Morgan fingerprint density at radius 1 is 0.478 bits per heavy atom. The normalized spacial score (nSPS) is 45.3. The summed E-state index contributed by atoms with van der Waals surface area (Å²) in [7, 11) is -14.3. The summed E-state index contributed by atoms with van der Waals surface area (Å²) in [6, 6.07) is 2.12. The molecule has 6 aliphatic rings. The van der Waals surface area contributed by atoms with Crippen LogP contribution in [0.15, 0.2) is 0 Å². The first-order chi connectivity index (χ1) is 20.9. The third-order valence-electron chi connectivity index (χ3n) is 10.8. The van der Waals surface area contributed by atoms with Gasteiger partial charge in [-0.15, -0.1) is 0 Å². The Labute approximate surface area is 293 Å². The lowest BCUT2D eigenvalue weighted by atomic mass is 8.87. The Bertz CT molecular complexity index is 1160. The SMILES string of the molecule is CCCC[SiH](C)OC12C3(O[SiH2]C)C4(O[SiH](C)CC)C1(O[SiH2]C)C1(O[Si](C)(C)C)C4(O[Si](C)(C)C)C3(O[Si](C)(C)C)C21O[Si](C)(C)C. The number of unbranched alkanes of at least 4 members (excludes halogenated alkanes) is 1. The van der Waals surface area contributed by atoms with Crippen LogP contribution in [0.4, 0.5) is 0 Å². The summed E-state index contributed by atoms with van der Waals surface area (Å²) in [5, 5.41) is 0. The van der Waals surface area contributed by atoms with Gasteiger partial charge in [0.05, 0.1) is 0 Å². The van der Waals surface area contributed by atoms with Crippen LogP contribution in [0.2, 0.25) is 117 Å². The van der Waals surface area contributed by atoms with Gasteiger partial charge < -0.3 is 35.4 Å². The van der Waals surface area contributed by atoms with E-state index in [9.17, 15) is 0 Å². The Morgan fingerprint density at radius 2 is 0.783 bits per heavy atom. The molecule has 16 heteroatoms. The Hall–Kier alpha value is 1.42. The molecule has 0 heterocycles. The van der Waals surface area contributed by atoms with E-state index < -0.39 is 116 Å². The van der Waals surface area contributed by atoms with Gasteiger partial charge in [-0.1, -0.05) is 39.8 Å². The van der Waals surface area contributed by atoms with Gasteiger partial charge in [0.15, 0.2) is 116 Å². The minimum Gasteiger partial charge on any atom is -0.410 e. The quantitative estimate of drug-likeness (QED) is 0.156. The molecule has 268 valence electrons. The molecule has 0 bridgehead atoms.